The summed E-state index contributed by atoms with van der Waals surface area (Å²) < 4.78 is 11.7. The lowest BCUT2D eigenvalue weighted by atomic mass is 10.0. The van der Waals surface area contributed by atoms with Crippen molar-refractivity contribution in [2.45, 2.75) is 12.6 Å². The summed E-state index contributed by atoms with van der Waals surface area (Å²) in [5.41, 5.74) is 5.42. The van der Waals surface area contributed by atoms with Gasteiger partial charge in [0, 0.05) is 42.8 Å². The predicted octanol–water partition coefficient (Wildman–Crippen LogP) is 6.83. The highest BCUT2D eigenvalue weighted by Gasteiger charge is 2.56. The van der Waals surface area contributed by atoms with Crippen molar-refractivity contribution in [3.8, 4) is 28.4 Å². The Morgan fingerprint density at radius 1 is 0.833 bits per heavy atom. The number of rotatable bonds is 9. The Bertz CT molecular complexity index is 1710. The minimum Gasteiger partial charge on any atom is -0.493 e. The molecule has 212 valence electrons. The molecule has 2 aliphatic rings. The van der Waals surface area contributed by atoms with E-state index in [1.807, 2.05) is 48.5 Å². The van der Waals surface area contributed by atoms with E-state index in [4.69, 9.17) is 9.47 Å². The predicted molar refractivity (Wildman–Crippen MR) is 167 cm³/mol. The maximum atomic E-state index is 6.03. The topological polar surface area (TPSA) is 62.8 Å². The average Bonchev–Trinajstić information content (AvgIpc) is 3.54. The number of ether oxygens (including phenoxy) is 2. The summed E-state index contributed by atoms with van der Waals surface area (Å²) in [5, 5.41) is 4.43. The molecule has 1 aliphatic heterocycles. The fourth-order valence-electron chi connectivity index (χ4n) is 6.50. The van der Waals surface area contributed by atoms with Crippen LogP contribution in [0.2, 0.25) is 0 Å². The van der Waals surface area contributed by atoms with Crippen LogP contribution < -0.4 is 14.8 Å². The summed E-state index contributed by atoms with van der Waals surface area (Å²) in [6.45, 7) is 3.39. The van der Waals surface area contributed by atoms with Crippen LogP contribution in [0.25, 0.3) is 22.0 Å². The molecular formula is C35H35N5O2. The zero-order valence-electron chi connectivity index (χ0n) is 24.2. The number of likely N-dealkylation sites (tertiary alicyclic amines) is 1. The summed E-state index contributed by atoms with van der Waals surface area (Å²) in [6, 6.07) is 31.5. The summed E-state index contributed by atoms with van der Waals surface area (Å²) >= 11 is 0. The molecule has 4 aromatic carbocycles. The van der Waals surface area contributed by atoms with Gasteiger partial charge in [-0.25, -0.2) is 9.97 Å². The molecule has 1 aliphatic carbocycles. The Labute approximate surface area is 246 Å². The first-order chi connectivity index (χ1) is 20.6. The number of para-hydroxylation sites is 1. The van der Waals surface area contributed by atoms with Gasteiger partial charge in [-0.05, 0) is 85.1 Å². The van der Waals surface area contributed by atoms with E-state index >= 15 is 0 Å². The monoisotopic (exact) mass is 557 g/mol. The number of methoxy groups -OCH3 is 1. The lowest BCUT2D eigenvalue weighted by Gasteiger charge is -2.22. The zero-order chi connectivity index (χ0) is 28.6. The first-order valence-electron chi connectivity index (χ1n) is 14.5. The van der Waals surface area contributed by atoms with Gasteiger partial charge in [-0.2, -0.15) is 0 Å². The number of hydrogen-bond acceptors (Lipinski definition) is 7. The average molecular weight is 558 g/mol. The van der Waals surface area contributed by atoms with Crippen LogP contribution >= 0.6 is 0 Å². The van der Waals surface area contributed by atoms with Crippen molar-refractivity contribution in [3.05, 3.63) is 103 Å². The second-order valence-electron chi connectivity index (χ2n) is 11.5. The number of hydrogen-bond donors (Lipinski definition) is 1. The molecule has 1 saturated heterocycles. The second kappa shape index (κ2) is 11.1. The van der Waals surface area contributed by atoms with Gasteiger partial charge in [-0.15, -0.1) is 0 Å². The van der Waals surface area contributed by atoms with Crippen molar-refractivity contribution < 1.29 is 9.47 Å². The van der Waals surface area contributed by atoms with Crippen molar-refractivity contribution in [2.24, 2.45) is 11.8 Å². The fourth-order valence-corrected chi connectivity index (χ4v) is 6.50. The molecule has 2 fully saturated rings. The minimum absolute atomic E-state index is 0.632. The first-order valence-corrected chi connectivity index (χ1v) is 14.5. The third kappa shape index (κ3) is 5.29. The number of nitrogens with zero attached hydrogens (tertiary/aromatic N) is 4. The fraction of sp³-hybridized carbons (Fsp3) is 0.257. The van der Waals surface area contributed by atoms with Gasteiger partial charge in [0.25, 0.3) is 0 Å². The van der Waals surface area contributed by atoms with E-state index in [-0.39, 0.29) is 0 Å². The minimum atomic E-state index is 0.632. The molecule has 2 heterocycles. The van der Waals surface area contributed by atoms with Crippen molar-refractivity contribution in [2.75, 3.05) is 39.6 Å². The highest BCUT2D eigenvalue weighted by atomic mass is 16.5. The number of benzene rings is 4. The Morgan fingerprint density at radius 3 is 2.43 bits per heavy atom. The maximum absolute atomic E-state index is 6.03. The quantitative estimate of drug-likeness (QED) is 0.213. The summed E-state index contributed by atoms with van der Waals surface area (Å²) in [4.78, 5) is 14.1. The van der Waals surface area contributed by atoms with Crippen LogP contribution in [-0.2, 0) is 6.54 Å². The highest BCUT2D eigenvalue weighted by molar-refractivity contribution is 5.94. The van der Waals surface area contributed by atoms with Crippen LogP contribution in [0.15, 0.2) is 97.3 Å². The van der Waals surface area contributed by atoms with Crippen molar-refractivity contribution in [1.82, 2.24) is 19.8 Å². The van der Waals surface area contributed by atoms with Gasteiger partial charge in [0.2, 0.25) is 0 Å². The van der Waals surface area contributed by atoms with E-state index in [0.29, 0.717) is 11.5 Å². The first kappa shape index (κ1) is 26.4. The van der Waals surface area contributed by atoms with Gasteiger partial charge in [-0.3, -0.25) is 4.90 Å². The highest BCUT2D eigenvalue weighted by Crippen LogP contribution is 2.48. The molecule has 1 N–H and O–H groups in total. The molecule has 0 amide bonds. The van der Waals surface area contributed by atoms with Crippen molar-refractivity contribution >= 4 is 22.4 Å². The Kier molecular flexibility index (Phi) is 6.98. The van der Waals surface area contributed by atoms with Crippen molar-refractivity contribution in [3.63, 3.8) is 0 Å². The number of aromatic nitrogens is 2. The van der Waals surface area contributed by atoms with E-state index < -0.39 is 0 Å². The number of piperidine rings is 1. The SMILES string of the molecule is COc1cc(Nc2ncnc3ccc(-c4cccc(CN5CC6C(C5)C6N(C)C)c4)cc23)ccc1Oc1ccccc1. The van der Waals surface area contributed by atoms with Crippen LogP contribution in [0, 0.1) is 11.8 Å². The van der Waals surface area contributed by atoms with Crippen LogP contribution in [0.5, 0.6) is 17.2 Å². The van der Waals surface area contributed by atoms with Crippen molar-refractivity contribution in [1.29, 1.82) is 0 Å². The van der Waals surface area contributed by atoms with Crippen LogP contribution in [0.3, 0.4) is 0 Å². The number of fused-ring (bicyclic) bond motifs is 2. The molecule has 2 unspecified atom stereocenters. The summed E-state index contributed by atoms with van der Waals surface area (Å²) in [6.07, 6.45) is 1.59. The summed E-state index contributed by atoms with van der Waals surface area (Å²) in [5.74, 6) is 4.44. The van der Waals surface area contributed by atoms with Gasteiger partial charge in [0.1, 0.15) is 17.9 Å². The third-order valence-electron chi connectivity index (χ3n) is 8.52. The molecule has 0 spiro atoms. The Morgan fingerprint density at radius 2 is 1.64 bits per heavy atom. The molecule has 0 bridgehead atoms. The number of anilines is 2. The van der Waals surface area contributed by atoms with Gasteiger partial charge < -0.3 is 19.7 Å². The second-order valence-corrected chi connectivity index (χ2v) is 11.5. The molecular weight excluding hydrogens is 522 g/mol. The number of nitrogens with one attached hydrogen (secondary N) is 1. The normalized spacial score (nSPS) is 19.6. The van der Waals surface area contributed by atoms with Gasteiger partial charge in [0.15, 0.2) is 11.5 Å². The zero-order valence-corrected chi connectivity index (χ0v) is 24.2. The third-order valence-corrected chi connectivity index (χ3v) is 8.52. The summed E-state index contributed by atoms with van der Waals surface area (Å²) in [7, 11) is 6.06. The van der Waals surface area contributed by atoms with Crippen LogP contribution in [0.1, 0.15) is 5.56 Å². The van der Waals surface area contributed by atoms with Gasteiger partial charge >= 0.3 is 0 Å². The molecule has 2 atom stereocenters. The van der Waals surface area contributed by atoms with Crippen LogP contribution in [0.4, 0.5) is 11.5 Å². The lowest BCUT2D eigenvalue weighted by molar-refractivity contribution is 0.244. The van der Waals surface area contributed by atoms with Crippen LogP contribution in [-0.4, -0.2) is 60.1 Å². The Balaban J connectivity index is 1.11. The standard InChI is InChI=1S/C35H35N5O2/c1-39(2)34-29-20-40(21-30(29)34)19-23-8-7-9-24(16-23)25-12-14-31-28(17-25)35(37-22-36-31)38-26-13-15-32(33(18-26)41-3)42-27-10-5-4-6-11-27/h4-18,22,29-30,34H,19-21H2,1-3H3,(H,36,37,38). The molecule has 42 heavy (non-hydrogen) atoms. The molecule has 5 aromatic rings. The molecule has 7 rings (SSSR count). The lowest BCUT2D eigenvalue weighted by Crippen LogP contribution is -2.30. The molecule has 1 aromatic heterocycles. The smallest absolute Gasteiger partial charge is 0.169 e. The maximum Gasteiger partial charge on any atom is 0.169 e. The van der Waals surface area contributed by atoms with E-state index in [0.717, 1.165) is 58.1 Å². The molecule has 7 nitrogen and oxygen atoms in total. The Hall–Kier alpha value is -4.46. The molecule has 0 radical (unpaired) electrons. The molecule has 1 saturated carbocycles. The van der Waals surface area contributed by atoms with E-state index in [9.17, 15) is 0 Å². The molecule has 7 heteroatoms. The van der Waals surface area contributed by atoms with E-state index in [1.165, 1.54) is 24.2 Å². The van der Waals surface area contributed by atoms with E-state index in [2.05, 4.69) is 81.6 Å². The largest absolute Gasteiger partial charge is 0.493 e. The van der Waals surface area contributed by atoms with E-state index in [1.54, 1.807) is 13.4 Å². The van der Waals surface area contributed by atoms with Gasteiger partial charge in [-0.1, -0.05) is 42.5 Å². The van der Waals surface area contributed by atoms with Gasteiger partial charge in [0.05, 0.1) is 12.6 Å².